The molecule has 0 aliphatic carbocycles. The van der Waals surface area contributed by atoms with Gasteiger partial charge >= 0.3 is 0 Å². The van der Waals surface area contributed by atoms with Crippen molar-refractivity contribution in [1.82, 2.24) is 10.3 Å². The van der Waals surface area contributed by atoms with E-state index in [1.165, 1.54) is 0 Å². The Hall–Kier alpha value is -1.33. The Morgan fingerprint density at radius 2 is 2.35 bits per heavy atom. The molecule has 1 unspecified atom stereocenters. The van der Waals surface area contributed by atoms with E-state index in [1.807, 2.05) is 18.2 Å². The predicted molar refractivity (Wildman–Crippen MR) is 70.0 cm³/mol. The molecule has 90 valence electrons. The Bertz CT molecular complexity index is 550. The van der Waals surface area contributed by atoms with Gasteiger partial charge in [-0.1, -0.05) is 22.0 Å². The number of carbonyl (C=O) groups is 1. The van der Waals surface area contributed by atoms with Crippen LogP contribution in [0.2, 0.25) is 0 Å². The number of aliphatic hydroxyl groups is 1. The number of benzene rings is 1. The summed E-state index contributed by atoms with van der Waals surface area (Å²) >= 11 is 3.43. The van der Waals surface area contributed by atoms with Gasteiger partial charge in [-0.2, -0.15) is 0 Å². The summed E-state index contributed by atoms with van der Waals surface area (Å²) in [5, 5.41) is 12.5. The van der Waals surface area contributed by atoms with Crippen molar-refractivity contribution in [2.24, 2.45) is 0 Å². The van der Waals surface area contributed by atoms with Crippen LogP contribution in [0.25, 0.3) is 10.9 Å². The quantitative estimate of drug-likeness (QED) is 0.811. The van der Waals surface area contributed by atoms with E-state index >= 15 is 0 Å². The molecule has 1 heterocycles. The minimum atomic E-state index is -0.252. The van der Waals surface area contributed by atoms with Crippen molar-refractivity contribution in [3.63, 3.8) is 0 Å². The van der Waals surface area contributed by atoms with Crippen LogP contribution in [-0.2, 0) is 0 Å². The molecule has 5 heteroatoms. The lowest BCUT2D eigenvalue weighted by Gasteiger charge is -2.08. The van der Waals surface area contributed by atoms with Crippen molar-refractivity contribution < 1.29 is 9.90 Å². The van der Waals surface area contributed by atoms with Gasteiger partial charge in [-0.05, 0) is 25.1 Å². The lowest BCUT2D eigenvalue weighted by Crippen LogP contribution is -2.35. The highest BCUT2D eigenvalue weighted by molar-refractivity contribution is 9.10. The van der Waals surface area contributed by atoms with Crippen LogP contribution in [0, 0.1) is 0 Å². The normalized spacial score (nSPS) is 12.6. The zero-order valence-electron chi connectivity index (χ0n) is 9.33. The van der Waals surface area contributed by atoms with Crippen LogP contribution in [0.15, 0.2) is 28.7 Å². The van der Waals surface area contributed by atoms with Crippen molar-refractivity contribution >= 4 is 32.7 Å². The Labute approximate surface area is 107 Å². The molecular weight excluding hydrogens is 284 g/mol. The van der Waals surface area contributed by atoms with Gasteiger partial charge in [-0.25, -0.2) is 0 Å². The van der Waals surface area contributed by atoms with E-state index in [0.29, 0.717) is 5.69 Å². The summed E-state index contributed by atoms with van der Waals surface area (Å²) in [6.45, 7) is 1.67. The number of aromatic nitrogens is 1. The molecule has 1 aromatic heterocycles. The minimum absolute atomic E-state index is 0.0737. The summed E-state index contributed by atoms with van der Waals surface area (Å²) in [7, 11) is 0. The van der Waals surface area contributed by atoms with Crippen molar-refractivity contribution in [1.29, 1.82) is 0 Å². The molecule has 2 aromatic rings. The van der Waals surface area contributed by atoms with Gasteiger partial charge in [0.15, 0.2) is 0 Å². The van der Waals surface area contributed by atoms with Crippen molar-refractivity contribution in [2.75, 3.05) is 6.61 Å². The van der Waals surface area contributed by atoms with Gasteiger partial charge in [0, 0.05) is 21.4 Å². The van der Waals surface area contributed by atoms with Crippen LogP contribution in [-0.4, -0.2) is 28.6 Å². The molecule has 1 aromatic carbocycles. The average molecular weight is 297 g/mol. The first-order chi connectivity index (χ1) is 8.11. The molecule has 3 N–H and O–H groups in total. The van der Waals surface area contributed by atoms with Gasteiger partial charge in [-0.3, -0.25) is 4.79 Å². The second kappa shape index (κ2) is 4.89. The van der Waals surface area contributed by atoms with E-state index in [2.05, 4.69) is 26.2 Å². The van der Waals surface area contributed by atoms with Crippen molar-refractivity contribution in [3.05, 3.63) is 34.4 Å². The Kier molecular flexibility index (Phi) is 3.49. The maximum atomic E-state index is 11.8. The van der Waals surface area contributed by atoms with Crippen LogP contribution in [0.1, 0.15) is 17.4 Å². The highest BCUT2D eigenvalue weighted by Crippen LogP contribution is 2.24. The monoisotopic (exact) mass is 296 g/mol. The van der Waals surface area contributed by atoms with E-state index in [0.717, 1.165) is 15.4 Å². The molecule has 17 heavy (non-hydrogen) atoms. The maximum Gasteiger partial charge on any atom is 0.268 e. The number of aromatic amines is 1. The van der Waals surface area contributed by atoms with Gasteiger partial charge in [-0.15, -0.1) is 0 Å². The van der Waals surface area contributed by atoms with Gasteiger partial charge in [0.1, 0.15) is 5.69 Å². The van der Waals surface area contributed by atoms with Gasteiger partial charge in [0.2, 0.25) is 0 Å². The Morgan fingerprint density at radius 1 is 1.59 bits per heavy atom. The number of fused-ring (bicyclic) bond motifs is 1. The topological polar surface area (TPSA) is 65.1 Å². The number of H-pyrrole nitrogens is 1. The molecule has 0 bridgehead atoms. The van der Waals surface area contributed by atoms with Crippen LogP contribution >= 0.6 is 15.9 Å². The smallest absolute Gasteiger partial charge is 0.268 e. The number of carbonyl (C=O) groups excluding carboxylic acids is 1. The Morgan fingerprint density at radius 3 is 3.00 bits per heavy atom. The lowest BCUT2D eigenvalue weighted by atomic mass is 10.2. The first kappa shape index (κ1) is 12.1. The van der Waals surface area contributed by atoms with E-state index in [1.54, 1.807) is 13.0 Å². The molecule has 4 nitrogen and oxygen atoms in total. The fourth-order valence-corrected chi connectivity index (χ4v) is 2.07. The lowest BCUT2D eigenvalue weighted by molar-refractivity contribution is 0.0918. The number of hydrogen-bond acceptors (Lipinski definition) is 2. The second-order valence-electron chi connectivity index (χ2n) is 3.94. The molecule has 0 spiro atoms. The number of halogens is 1. The third-order valence-corrected chi connectivity index (χ3v) is 3.20. The largest absolute Gasteiger partial charge is 0.394 e. The van der Waals surface area contributed by atoms with E-state index < -0.39 is 0 Å². The minimum Gasteiger partial charge on any atom is -0.394 e. The SMILES string of the molecule is CC(CO)NC(=O)c1cc2c(Br)cccc2[nH]1. The van der Waals surface area contributed by atoms with Gasteiger partial charge in [0.25, 0.3) is 5.91 Å². The molecular formula is C12H13BrN2O2. The summed E-state index contributed by atoms with van der Waals surface area (Å²) < 4.78 is 0.945. The average Bonchev–Trinajstić information content (AvgIpc) is 2.74. The number of amides is 1. The molecule has 0 saturated carbocycles. The summed E-state index contributed by atoms with van der Waals surface area (Å²) in [6, 6.07) is 7.28. The summed E-state index contributed by atoms with van der Waals surface area (Å²) in [4.78, 5) is 14.9. The molecule has 2 rings (SSSR count). The van der Waals surface area contributed by atoms with E-state index in [9.17, 15) is 4.79 Å². The zero-order chi connectivity index (χ0) is 12.4. The molecule has 0 aliphatic rings. The number of nitrogens with one attached hydrogen (secondary N) is 2. The van der Waals surface area contributed by atoms with E-state index in [-0.39, 0.29) is 18.6 Å². The summed E-state index contributed by atoms with van der Waals surface area (Å²) in [5.74, 6) is -0.213. The van der Waals surface area contributed by atoms with E-state index in [4.69, 9.17) is 5.11 Å². The van der Waals surface area contributed by atoms with Crippen LogP contribution in [0.4, 0.5) is 0 Å². The molecule has 1 amide bonds. The van der Waals surface area contributed by atoms with Gasteiger partial charge < -0.3 is 15.4 Å². The number of rotatable bonds is 3. The van der Waals surface area contributed by atoms with Crippen molar-refractivity contribution in [3.8, 4) is 0 Å². The molecule has 0 fully saturated rings. The summed E-state index contributed by atoms with van der Waals surface area (Å²) in [6.07, 6.45) is 0. The molecule has 0 radical (unpaired) electrons. The highest BCUT2D eigenvalue weighted by atomic mass is 79.9. The number of hydrogen-bond donors (Lipinski definition) is 3. The number of aliphatic hydroxyl groups excluding tert-OH is 1. The molecule has 0 saturated heterocycles. The fraction of sp³-hybridized carbons (Fsp3) is 0.250. The highest BCUT2D eigenvalue weighted by Gasteiger charge is 2.12. The third kappa shape index (κ3) is 2.50. The molecule has 1 atom stereocenters. The van der Waals surface area contributed by atoms with Crippen LogP contribution < -0.4 is 5.32 Å². The Balaban J connectivity index is 2.30. The predicted octanol–water partition coefficient (Wildman–Crippen LogP) is 2.04. The summed E-state index contributed by atoms with van der Waals surface area (Å²) in [5.41, 5.74) is 1.40. The maximum absolute atomic E-state index is 11.8. The standard InChI is InChI=1S/C12H13BrN2O2/c1-7(6-16)14-12(17)11-5-8-9(13)3-2-4-10(8)15-11/h2-5,7,15-16H,6H2,1H3,(H,14,17). The van der Waals surface area contributed by atoms with Crippen molar-refractivity contribution in [2.45, 2.75) is 13.0 Å². The second-order valence-corrected chi connectivity index (χ2v) is 4.80. The first-order valence-corrected chi connectivity index (χ1v) is 6.10. The van der Waals surface area contributed by atoms with Gasteiger partial charge in [0.05, 0.1) is 6.61 Å². The first-order valence-electron chi connectivity index (χ1n) is 5.30. The van der Waals surface area contributed by atoms with Crippen LogP contribution in [0.5, 0.6) is 0 Å². The zero-order valence-corrected chi connectivity index (χ0v) is 10.9. The fourth-order valence-electron chi connectivity index (χ4n) is 1.59. The molecule has 0 aliphatic heterocycles. The van der Waals surface area contributed by atoms with Crippen LogP contribution in [0.3, 0.4) is 0 Å². The third-order valence-electron chi connectivity index (χ3n) is 2.51.